The van der Waals surface area contributed by atoms with Gasteiger partial charge < -0.3 is 16.2 Å². The summed E-state index contributed by atoms with van der Waals surface area (Å²) in [7, 11) is 1.65. The molecule has 0 aromatic heterocycles. The van der Waals surface area contributed by atoms with Crippen molar-refractivity contribution in [2.45, 2.75) is 6.42 Å². The van der Waals surface area contributed by atoms with Gasteiger partial charge in [0, 0.05) is 16.8 Å². The van der Waals surface area contributed by atoms with Gasteiger partial charge in [0.05, 0.1) is 12.1 Å². The lowest BCUT2D eigenvalue weighted by atomic mass is 10.00. The SMILES string of the molecule is COc1ccc(CCN)cc1-c1ccc(N)cc1Cl. The Morgan fingerprint density at radius 2 is 1.89 bits per heavy atom. The second-order valence-corrected chi connectivity index (χ2v) is 4.72. The quantitative estimate of drug-likeness (QED) is 0.844. The lowest BCUT2D eigenvalue weighted by Gasteiger charge is -2.12. The maximum absolute atomic E-state index is 6.26. The van der Waals surface area contributed by atoms with Gasteiger partial charge in [-0.1, -0.05) is 23.7 Å². The third-order valence-corrected chi connectivity index (χ3v) is 3.29. The highest BCUT2D eigenvalue weighted by molar-refractivity contribution is 6.33. The second-order valence-electron chi connectivity index (χ2n) is 4.31. The summed E-state index contributed by atoms with van der Waals surface area (Å²) in [5.74, 6) is 0.785. The van der Waals surface area contributed by atoms with Crippen LogP contribution in [0.2, 0.25) is 5.02 Å². The van der Waals surface area contributed by atoms with Crippen LogP contribution in [0.1, 0.15) is 5.56 Å². The Hall–Kier alpha value is -1.71. The highest BCUT2D eigenvalue weighted by Gasteiger charge is 2.10. The summed E-state index contributed by atoms with van der Waals surface area (Å²) in [5, 5.41) is 0.614. The fourth-order valence-corrected chi connectivity index (χ4v) is 2.33. The minimum Gasteiger partial charge on any atom is -0.496 e. The largest absolute Gasteiger partial charge is 0.496 e. The Morgan fingerprint density at radius 1 is 1.11 bits per heavy atom. The zero-order valence-corrected chi connectivity index (χ0v) is 11.6. The van der Waals surface area contributed by atoms with E-state index in [1.807, 2.05) is 24.3 Å². The first-order valence-corrected chi connectivity index (χ1v) is 6.46. The van der Waals surface area contributed by atoms with Crippen molar-refractivity contribution in [1.29, 1.82) is 0 Å². The summed E-state index contributed by atoms with van der Waals surface area (Å²) in [6.07, 6.45) is 0.823. The molecule has 0 bridgehead atoms. The molecule has 2 aromatic carbocycles. The van der Waals surface area contributed by atoms with E-state index in [1.54, 1.807) is 13.2 Å². The van der Waals surface area contributed by atoms with Gasteiger partial charge in [-0.2, -0.15) is 0 Å². The molecule has 0 aliphatic carbocycles. The summed E-state index contributed by atoms with van der Waals surface area (Å²) >= 11 is 6.26. The maximum atomic E-state index is 6.26. The van der Waals surface area contributed by atoms with Crippen LogP contribution in [0.25, 0.3) is 11.1 Å². The van der Waals surface area contributed by atoms with E-state index in [0.717, 1.165) is 28.9 Å². The van der Waals surface area contributed by atoms with Gasteiger partial charge in [0.1, 0.15) is 5.75 Å². The van der Waals surface area contributed by atoms with E-state index < -0.39 is 0 Å². The normalized spacial score (nSPS) is 10.5. The minimum absolute atomic E-state index is 0.612. The zero-order valence-electron chi connectivity index (χ0n) is 10.8. The third-order valence-electron chi connectivity index (χ3n) is 2.98. The molecule has 0 spiro atoms. The molecule has 0 heterocycles. The van der Waals surface area contributed by atoms with E-state index >= 15 is 0 Å². The molecule has 0 saturated carbocycles. The minimum atomic E-state index is 0.612. The molecular weight excluding hydrogens is 260 g/mol. The van der Waals surface area contributed by atoms with Crippen LogP contribution in [0, 0.1) is 0 Å². The molecule has 0 aliphatic rings. The van der Waals surface area contributed by atoms with Crippen molar-refractivity contribution in [3.05, 3.63) is 47.0 Å². The van der Waals surface area contributed by atoms with E-state index in [9.17, 15) is 0 Å². The molecule has 0 radical (unpaired) electrons. The first-order chi connectivity index (χ1) is 9.15. The number of nitrogen functional groups attached to an aromatic ring is 1. The number of hydrogen-bond acceptors (Lipinski definition) is 3. The molecule has 19 heavy (non-hydrogen) atoms. The average molecular weight is 277 g/mol. The van der Waals surface area contributed by atoms with Gasteiger partial charge in [-0.15, -0.1) is 0 Å². The predicted molar refractivity (Wildman–Crippen MR) is 80.6 cm³/mol. The molecule has 0 saturated heterocycles. The van der Waals surface area contributed by atoms with E-state index in [0.29, 0.717) is 17.3 Å². The predicted octanol–water partition coefficient (Wildman–Crippen LogP) is 3.10. The van der Waals surface area contributed by atoms with Crippen molar-refractivity contribution >= 4 is 17.3 Å². The average Bonchev–Trinajstić information content (AvgIpc) is 2.39. The number of benzene rings is 2. The van der Waals surface area contributed by atoms with Gasteiger partial charge in [-0.05, 0) is 42.8 Å². The van der Waals surface area contributed by atoms with Crippen LogP contribution in [-0.4, -0.2) is 13.7 Å². The Kier molecular flexibility index (Phi) is 4.30. The molecule has 3 nitrogen and oxygen atoms in total. The standard InChI is InChI=1S/C15H17ClN2O/c1-19-15-5-2-10(6-7-17)8-13(15)12-4-3-11(18)9-14(12)16/h2-5,8-9H,6-7,17-18H2,1H3. The summed E-state index contributed by atoms with van der Waals surface area (Å²) < 4.78 is 5.40. The van der Waals surface area contributed by atoms with Crippen molar-refractivity contribution in [2.24, 2.45) is 5.73 Å². The monoisotopic (exact) mass is 276 g/mol. The fourth-order valence-electron chi connectivity index (χ4n) is 2.04. The number of methoxy groups -OCH3 is 1. The number of nitrogens with two attached hydrogens (primary N) is 2. The number of hydrogen-bond donors (Lipinski definition) is 2. The fraction of sp³-hybridized carbons (Fsp3) is 0.200. The first-order valence-electron chi connectivity index (χ1n) is 6.08. The van der Waals surface area contributed by atoms with Crippen LogP contribution in [0.3, 0.4) is 0 Å². The van der Waals surface area contributed by atoms with Crippen LogP contribution >= 0.6 is 11.6 Å². The van der Waals surface area contributed by atoms with Crippen LogP contribution < -0.4 is 16.2 Å². The topological polar surface area (TPSA) is 61.3 Å². The van der Waals surface area contributed by atoms with E-state index in [2.05, 4.69) is 6.07 Å². The molecule has 0 aliphatic heterocycles. The lowest BCUT2D eigenvalue weighted by Crippen LogP contribution is -2.03. The van der Waals surface area contributed by atoms with Gasteiger partial charge in [0.25, 0.3) is 0 Å². The summed E-state index contributed by atoms with van der Waals surface area (Å²) in [4.78, 5) is 0. The van der Waals surface area contributed by atoms with Crippen molar-refractivity contribution in [3.8, 4) is 16.9 Å². The smallest absolute Gasteiger partial charge is 0.126 e. The molecule has 0 fully saturated rings. The number of anilines is 1. The zero-order chi connectivity index (χ0) is 13.8. The van der Waals surface area contributed by atoms with Gasteiger partial charge in [0.15, 0.2) is 0 Å². The third kappa shape index (κ3) is 3.00. The first kappa shape index (κ1) is 13.7. The molecule has 4 N–H and O–H groups in total. The summed E-state index contributed by atoms with van der Waals surface area (Å²) in [6.45, 7) is 0.612. The van der Waals surface area contributed by atoms with E-state index in [-0.39, 0.29) is 0 Å². The molecular formula is C15H17ClN2O. The Labute approximate surface area is 118 Å². The maximum Gasteiger partial charge on any atom is 0.126 e. The molecule has 2 aromatic rings. The van der Waals surface area contributed by atoms with Crippen LogP contribution in [-0.2, 0) is 6.42 Å². The van der Waals surface area contributed by atoms with E-state index in [1.165, 1.54) is 0 Å². The highest BCUT2D eigenvalue weighted by Crippen LogP contribution is 2.36. The van der Waals surface area contributed by atoms with Gasteiger partial charge in [0.2, 0.25) is 0 Å². The molecule has 0 amide bonds. The number of halogens is 1. The lowest BCUT2D eigenvalue weighted by molar-refractivity contribution is 0.416. The molecule has 4 heteroatoms. The van der Waals surface area contributed by atoms with Crippen molar-refractivity contribution in [2.75, 3.05) is 19.4 Å². The highest BCUT2D eigenvalue weighted by atomic mass is 35.5. The Balaban J connectivity index is 2.54. The van der Waals surface area contributed by atoms with Crippen molar-refractivity contribution in [3.63, 3.8) is 0 Å². The Morgan fingerprint density at radius 3 is 2.53 bits per heavy atom. The molecule has 100 valence electrons. The molecule has 0 atom stereocenters. The van der Waals surface area contributed by atoms with Crippen LogP contribution in [0.15, 0.2) is 36.4 Å². The van der Waals surface area contributed by atoms with Crippen molar-refractivity contribution in [1.82, 2.24) is 0 Å². The van der Waals surface area contributed by atoms with Gasteiger partial charge >= 0.3 is 0 Å². The molecule has 2 rings (SSSR count). The van der Waals surface area contributed by atoms with Crippen LogP contribution in [0.4, 0.5) is 5.69 Å². The molecule has 0 unspecified atom stereocenters. The van der Waals surface area contributed by atoms with E-state index in [4.69, 9.17) is 27.8 Å². The summed E-state index contributed by atoms with van der Waals surface area (Å²) in [6, 6.07) is 11.5. The van der Waals surface area contributed by atoms with Gasteiger partial charge in [-0.3, -0.25) is 0 Å². The van der Waals surface area contributed by atoms with Gasteiger partial charge in [-0.25, -0.2) is 0 Å². The summed E-state index contributed by atoms with van der Waals surface area (Å²) in [5.41, 5.74) is 15.0. The number of rotatable bonds is 4. The second kappa shape index (κ2) is 5.95. The van der Waals surface area contributed by atoms with Crippen LogP contribution in [0.5, 0.6) is 5.75 Å². The Bertz CT molecular complexity index is 584. The van der Waals surface area contributed by atoms with Crippen molar-refractivity contribution < 1.29 is 4.74 Å². The number of ether oxygens (including phenoxy) is 1.